The quantitative estimate of drug-likeness (QED) is 0.892. The minimum atomic E-state index is -0.424. The summed E-state index contributed by atoms with van der Waals surface area (Å²) in [7, 11) is 0. The van der Waals surface area contributed by atoms with Gasteiger partial charge in [-0.2, -0.15) is 5.10 Å². The molecule has 2 N–H and O–H groups in total. The molecular formula is C12H12ClN3O2. The van der Waals surface area contributed by atoms with Crippen LogP contribution in [0.15, 0.2) is 35.3 Å². The average Bonchev–Trinajstić information content (AvgIpc) is 2.38. The molecule has 0 unspecified atom stereocenters. The van der Waals surface area contributed by atoms with Gasteiger partial charge in [-0.1, -0.05) is 11.6 Å². The first-order valence-corrected chi connectivity index (χ1v) is 5.81. The highest BCUT2D eigenvalue weighted by Crippen LogP contribution is 2.22. The summed E-state index contributed by atoms with van der Waals surface area (Å²) in [5.74, 6) is 0.790. The smallest absolute Gasteiger partial charge is 0.285 e. The zero-order valence-electron chi connectivity index (χ0n) is 9.74. The Morgan fingerprint density at radius 2 is 2.11 bits per heavy atom. The van der Waals surface area contributed by atoms with E-state index in [0.717, 1.165) is 11.4 Å². The van der Waals surface area contributed by atoms with Crippen LogP contribution < -0.4 is 15.6 Å². The van der Waals surface area contributed by atoms with Crippen LogP contribution in [0.1, 0.15) is 6.92 Å². The normalized spacial score (nSPS) is 10.1. The van der Waals surface area contributed by atoms with Crippen molar-refractivity contribution >= 4 is 23.0 Å². The van der Waals surface area contributed by atoms with E-state index in [4.69, 9.17) is 16.3 Å². The molecule has 18 heavy (non-hydrogen) atoms. The summed E-state index contributed by atoms with van der Waals surface area (Å²) in [6, 6.07) is 7.34. The zero-order chi connectivity index (χ0) is 13.0. The molecule has 0 saturated carbocycles. The summed E-state index contributed by atoms with van der Waals surface area (Å²) in [5.41, 5.74) is 0.838. The fraction of sp³-hybridized carbons (Fsp3) is 0.167. The van der Waals surface area contributed by atoms with Crippen LogP contribution in [0, 0.1) is 0 Å². The summed E-state index contributed by atoms with van der Waals surface area (Å²) in [6.07, 6.45) is 1.46. The molecule has 2 rings (SSSR count). The SMILES string of the molecule is CCOc1ccc(Nc2cn[nH]c(=O)c2Cl)cc1. The number of ether oxygens (including phenoxy) is 1. The van der Waals surface area contributed by atoms with Crippen molar-refractivity contribution in [1.29, 1.82) is 0 Å². The van der Waals surface area contributed by atoms with Crippen LogP contribution in [0.3, 0.4) is 0 Å². The molecule has 0 aliphatic carbocycles. The van der Waals surface area contributed by atoms with E-state index in [1.165, 1.54) is 6.20 Å². The van der Waals surface area contributed by atoms with Gasteiger partial charge in [-0.05, 0) is 31.2 Å². The molecule has 0 aliphatic rings. The molecule has 0 spiro atoms. The molecule has 1 aromatic carbocycles. The second-order valence-corrected chi connectivity index (χ2v) is 3.89. The van der Waals surface area contributed by atoms with Gasteiger partial charge in [-0.25, -0.2) is 5.10 Å². The van der Waals surface area contributed by atoms with Crippen molar-refractivity contribution in [3.05, 3.63) is 45.8 Å². The van der Waals surface area contributed by atoms with E-state index in [1.54, 1.807) is 0 Å². The molecule has 1 aromatic heterocycles. The third-order valence-electron chi connectivity index (χ3n) is 2.24. The summed E-state index contributed by atoms with van der Waals surface area (Å²) >= 11 is 5.85. The highest BCUT2D eigenvalue weighted by Gasteiger charge is 2.05. The Hall–Kier alpha value is -2.01. The minimum Gasteiger partial charge on any atom is -0.494 e. The van der Waals surface area contributed by atoms with Gasteiger partial charge in [0.25, 0.3) is 5.56 Å². The first-order chi connectivity index (χ1) is 8.70. The van der Waals surface area contributed by atoms with Crippen LogP contribution in [-0.4, -0.2) is 16.8 Å². The van der Waals surface area contributed by atoms with E-state index >= 15 is 0 Å². The lowest BCUT2D eigenvalue weighted by atomic mass is 10.3. The molecule has 0 radical (unpaired) electrons. The van der Waals surface area contributed by atoms with Gasteiger partial charge in [0.05, 0.1) is 18.5 Å². The molecular weight excluding hydrogens is 254 g/mol. The summed E-state index contributed by atoms with van der Waals surface area (Å²) in [5, 5.41) is 9.03. The van der Waals surface area contributed by atoms with Crippen LogP contribution in [0.2, 0.25) is 5.02 Å². The van der Waals surface area contributed by atoms with Crippen LogP contribution in [0.4, 0.5) is 11.4 Å². The van der Waals surface area contributed by atoms with Crippen molar-refractivity contribution in [3.63, 3.8) is 0 Å². The van der Waals surface area contributed by atoms with Crippen molar-refractivity contribution in [3.8, 4) is 5.75 Å². The Morgan fingerprint density at radius 1 is 1.39 bits per heavy atom. The molecule has 0 bridgehead atoms. The van der Waals surface area contributed by atoms with Gasteiger partial charge in [-0.15, -0.1) is 0 Å². The number of rotatable bonds is 4. The van der Waals surface area contributed by atoms with E-state index in [-0.39, 0.29) is 5.02 Å². The number of nitrogens with zero attached hydrogens (tertiary/aromatic N) is 1. The standard InChI is InChI=1S/C12H12ClN3O2/c1-2-18-9-5-3-8(4-6-9)15-10-7-14-16-12(17)11(10)13/h3-7H,2H2,1H3,(H2,15,16,17). The van der Waals surface area contributed by atoms with Gasteiger partial charge in [0, 0.05) is 5.69 Å². The fourth-order valence-electron chi connectivity index (χ4n) is 1.43. The fourth-order valence-corrected chi connectivity index (χ4v) is 1.57. The molecule has 0 saturated heterocycles. The van der Waals surface area contributed by atoms with Crippen LogP contribution >= 0.6 is 11.6 Å². The third kappa shape index (κ3) is 2.81. The number of hydrogen-bond acceptors (Lipinski definition) is 4. The number of H-pyrrole nitrogens is 1. The second kappa shape index (κ2) is 5.55. The van der Waals surface area contributed by atoms with Crippen molar-refractivity contribution in [2.45, 2.75) is 6.92 Å². The van der Waals surface area contributed by atoms with Crippen LogP contribution in [0.25, 0.3) is 0 Å². The Morgan fingerprint density at radius 3 is 2.78 bits per heavy atom. The third-order valence-corrected chi connectivity index (χ3v) is 2.62. The lowest BCUT2D eigenvalue weighted by Gasteiger charge is -2.08. The number of benzene rings is 1. The van der Waals surface area contributed by atoms with Crippen molar-refractivity contribution in [2.24, 2.45) is 0 Å². The Labute approximate surface area is 109 Å². The Balaban J connectivity index is 2.18. The van der Waals surface area contributed by atoms with E-state index < -0.39 is 5.56 Å². The molecule has 6 heteroatoms. The van der Waals surface area contributed by atoms with Gasteiger partial charge >= 0.3 is 0 Å². The van der Waals surface area contributed by atoms with E-state index in [9.17, 15) is 4.79 Å². The predicted molar refractivity (Wildman–Crippen MR) is 70.8 cm³/mol. The van der Waals surface area contributed by atoms with Gasteiger partial charge in [-0.3, -0.25) is 4.79 Å². The molecule has 1 heterocycles. The van der Waals surface area contributed by atoms with Gasteiger partial charge in [0.2, 0.25) is 0 Å². The maximum atomic E-state index is 11.3. The van der Waals surface area contributed by atoms with Crippen LogP contribution in [0.5, 0.6) is 5.75 Å². The van der Waals surface area contributed by atoms with Crippen molar-refractivity contribution in [1.82, 2.24) is 10.2 Å². The van der Waals surface area contributed by atoms with Crippen molar-refractivity contribution < 1.29 is 4.74 Å². The summed E-state index contributed by atoms with van der Waals surface area (Å²) in [4.78, 5) is 11.3. The molecule has 0 amide bonds. The van der Waals surface area contributed by atoms with Gasteiger partial charge in [0.1, 0.15) is 10.8 Å². The molecule has 0 atom stereocenters. The molecule has 2 aromatic rings. The minimum absolute atomic E-state index is 0.0823. The number of aromatic amines is 1. The van der Waals surface area contributed by atoms with E-state index in [0.29, 0.717) is 12.3 Å². The number of hydrogen-bond donors (Lipinski definition) is 2. The molecule has 94 valence electrons. The predicted octanol–water partition coefficient (Wildman–Crippen LogP) is 2.57. The van der Waals surface area contributed by atoms with Crippen LogP contribution in [-0.2, 0) is 0 Å². The number of nitrogens with one attached hydrogen (secondary N) is 2. The van der Waals surface area contributed by atoms with Gasteiger partial charge < -0.3 is 10.1 Å². The molecule has 0 fully saturated rings. The Bertz CT molecular complexity index is 581. The largest absolute Gasteiger partial charge is 0.494 e. The van der Waals surface area contributed by atoms with Gasteiger partial charge in [0.15, 0.2) is 0 Å². The second-order valence-electron chi connectivity index (χ2n) is 3.51. The average molecular weight is 266 g/mol. The van der Waals surface area contributed by atoms with Crippen molar-refractivity contribution in [2.75, 3.05) is 11.9 Å². The van der Waals surface area contributed by atoms with E-state index in [2.05, 4.69) is 15.5 Å². The Kier molecular flexibility index (Phi) is 3.84. The highest BCUT2D eigenvalue weighted by atomic mass is 35.5. The number of anilines is 2. The summed E-state index contributed by atoms with van der Waals surface area (Å²) in [6.45, 7) is 2.55. The monoisotopic (exact) mass is 265 g/mol. The first kappa shape index (κ1) is 12.4. The lowest BCUT2D eigenvalue weighted by molar-refractivity contribution is 0.340. The topological polar surface area (TPSA) is 67.0 Å². The molecule has 0 aliphatic heterocycles. The first-order valence-electron chi connectivity index (χ1n) is 5.43. The zero-order valence-corrected chi connectivity index (χ0v) is 10.5. The molecule has 5 nitrogen and oxygen atoms in total. The maximum absolute atomic E-state index is 11.3. The number of aromatic nitrogens is 2. The highest BCUT2D eigenvalue weighted by molar-refractivity contribution is 6.33. The lowest BCUT2D eigenvalue weighted by Crippen LogP contribution is -2.10. The van der Waals surface area contributed by atoms with E-state index in [1.807, 2.05) is 31.2 Å². The maximum Gasteiger partial charge on any atom is 0.285 e. The summed E-state index contributed by atoms with van der Waals surface area (Å²) < 4.78 is 5.33. The number of halogens is 1.